The van der Waals surface area contributed by atoms with Crippen LogP contribution in [0.5, 0.6) is 0 Å². The quantitative estimate of drug-likeness (QED) is 0.0885. The Morgan fingerprint density at radius 1 is 1.02 bits per heavy atom. The minimum Gasteiger partial charge on any atom is -0.378 e. The molecule has 1 fully saturated rings. The van der Waals surface area contributed by atoms with Crippen LogP contribution in [0.4, 0.5) is 5.69 Å². The number of benzene rings is 1. The highest BCUT2D eigenvalue weighted by Gasteiger charge is 2.52. The average Bonchev–Trinajstić information content (AvgIpc) is 3.55. The van der Waals surface area contributed by atoms with Crippen molar-refractivity contribution in [2.45, 2.75) is 44.7 Å². The van der Waals surface area contributed by atoms with Gasteiger partial charge in [0.15, 0.2) is 0 Å². The van der Waals surface area contributed by atoms with Crippen LogP contribution < -0.4 is 4.90 Å². The van der Waals surface area contributed by atoms with E-state index in [-0.39, 0.29) is 12.5 Å². The Morgan fingerprint density at radius 3 is 2.45 bits per heavy atom. The van der Waals surface area contributed by atoms with E-state index in [1.165, 1.54) is 0 Å². The fourth-order valence-electron chi connectivity index (χ4n) is 6.40. The number of terminal acetylenes is 1. The molecule has 0 N–H and O–H groups in total. The van der Waals surface area contributed by atoms with Gasteiger partial charge in [0.2, 0.25) is 5.91 Å². The monoisotopic (exact) mass is 731 g/mol. The van der Waals surface area contributed by atoms with Gasteiger partial charge in [0.1, 0.15) is 12.4 Å². The number of fused-ring (bicyclic) bond motifs is 3. The summed E-state index contributed by atoms with van der Waals surface area (Å²) in [5, 5.41) is 0.605. The molecule has 1 aromatic carbocycles. The molecule has 0 bridgehead atoms. The first-order chi connectivity index (χ1) is 24.0. The summed E-state index contributed by atoms with van der Waals surface area (Å²) >= 11 is 8.18. The summed E-state index contributed by atoms with van der Waals surface area (Å²) in [5.41, 5.74) is 3.10. The Balaban J connectivity index is 1.12. The number of amides is 1. The summed E-state index contributed by atoms with van der Waals surface area (Å²) in [6.45, 7) is 8.28. The Bertz CT molecular complexity index is 1590. The molecule has 2 aliphatic rings. The number of carbonyl (C=O) groups excluding carboxylic acids is 1. The number of rotatable bonds is 21. The minimum absolute atomic E-state index is 0.121. The molecule has 0 aliphatic carbocycles. The van der Waals surface area contributed by atoms with Crippen molar-refractivity contribution in [3.05, 3.63) is 53.1 Å². The van der Waals surface area contributed by atoms with Crippen LogP contribution in [0.15, 0.2) is 36.7 Å². The summed E-state index contributed by atoms with van der Waals surface area (Å²) in [6, 6.07) is 7.69. The molecule has 0 radical (unpaired) electrons. The van der Waals surface area contributed by atoms with Crippen LogP contribution in [0, 0.1) is 12.3 Å². The second-order valence-electron chi connectivity index (χ2n) is 11.8. The summed E-state index contributed by atoms with van der Waals surface area (Å²) in [6.07, 6.45) is 11.0. The summed E-state index contributed by atoms with van der Waals surface area (Å²) < 4.78 is 39.0. The van der Waals surface area contributed by atoms with Crippen LogP contribution in [-0.4, -0.2) is 112 Å². The number of imidazole rings is 1. The zero-order valence-corrected chi connectivity index (χ0v) is 30.5. The van der Waals surface area contributed by atoms with Gasteiger partial charge < -0.3 is 28.4 Å². The molecular weight excluding hydrogens is 686 g/mol. The first-order valence-corrected chi connectivity index (χ1v) is 19.7. The Labute approximate surface area is 300 Å². The van der Waals surface area contributed by atoms with Gasteiger partial charge in [-0.15, -0.1) is 6.42 Å². The van der Waals surface area contributed by atoms with Crippen molar-refractivity contribution in [1.29, 1.82) is 0 Å². The van der Waals surface area contributed by atoms with Gasteiger partial charge >= 0.3 is 0 Å². The van der Waals surface area contributed by atoms with Gasteiger partial charge in [0.05, 0.1) is 81.1 Å². The second-order valence-corrected chi connectivity index (χ2v) is 15.3. The number of halogens is 1. The van der Waals surface area contributed by atoms with E-state index in [0.717, 1.165) is 59.8 Å². The summed E-state index contributed by atoms with van der Waals surface area (Å²) in [4.78, 5) is 25.5. The lowest BCUT2D eigenvalue weighted by atomic mass is 9.74. The molecule has 0 saturated carbocycles. The first-order valence-electron chi connectivity index (χ1n) is 16.8. The van der Waals surface area contributed by atoms with Crippen LogP contribution >= 0.6 is 23.5 Å². The van der Waals surface area contributed by atoms with E-state index < -0.39 is 16.2 Å². The van der Waals surface area contributed by atoms with E-state index in [4.69, 9.17) is 42.0 Å². The van der Waals surface area contributed by atoms with Crippen molar-refractivity contribution >= 4 is 57.0 Å². The maximum Gasteiger partial charge on any atom is 0.238 e. The summed E-state index contributed by atoms with van der Waals surface area (Å²) in [5.74, 6) is 5.30. The van der Waals surface area contributed by atoms with Crippen LogP contribution in [0.2, 0.25) is 5.02 Å². The van der Waals surface area contributed by atoms with Crippen LogP contribution in [0.1, 0.15) is 37.6 Å². The molecule has 1 unspecified atom stereocenters. The maximum atomic E-state index is 14.3. The van der Waals surface area contributed by atoms with Gasteiger partial charge in [-0.1, -0.05) is 36.4 Å². The highest BCUT2D eigenvalue weighted by molar-refractivity contribution is 7.96. The predicted octanol–water partition coefficient (Wildman–Crippen LogP) is 4.47. The minimum atomic E-state index is -1.04. The number of anilines is 1. The van der Waals surface area contributed by atoms with Crippen molar-refractivity contribution in [1.82, 2.24) is 18.8 Å². The van der Waals surface area contributed by atoms with E-state index in [1.807, 2.05) is 47.3 Å². The van der Waals surface area contributed by atoms with Crippen LogP contribution in [-0.2, 0) is 53.0 Å². The van der Waals surface area contributed by atoms with Gasteiger partial charge in [-0.3, -0.25) is 18.3 Å². The molecular formula is C35H46ClN5O6S2. The molecule has 5 rings (SSSR count). The van der Waals surface area contributed by atoms with E-state index in [9.17, 15) is 9.00 Å². The molecule has 14 heteroatoms. The van der Waals surface area contributed by atoms with Gasteiger partial charge in [0, 0.05) is 58.9 Å². The van der Waals surface area contributed by atoms with Gasteiger partial charge in [-0.2, -0.15) is 0 Å². The number of nitrogens with zero attached hydrogens (tertiary/aromatic N) is 5. The molecule has 11 nitrogen and oxygen atoms in total. The lowest BCUT2D eigenvalue weighted by Crippen LogP contribution is -2.47. The number of aryl methyl sites for hydroxylation is 1. The number of carbonyl (C=O) groups is 1. The number of hydrogen-bond donors (Lipinski definition) is 0. The van der Waals surface area contributed by atoms with Crippen molar-refractivity contribution < 1.29 is 28.0 Å². The summed E-state index contributed by atoms with van der Waals surface area (Å²) in [7, 11) is -1.04. The molecule has 1 amide bonds. The Hall–Kier alpha value is -2.54. The zero-order valence-electron chi connectivity index (χ0n) is 28.1. The maximum absolute atomic E-state index is 14.3. The standard InChI is InChI=1S/C35H46ClN5O6S2/c1-3-15-44-16-17-45-18-19-46-20-21-47-22-24-49(43)23-5-12-40-31-7-6-28(36)25-30(31)38-33(40)27-41-32-26-37-11-8-29(32)35(34(41)42)9-13-39(14-10-35)48-4-2/h1,6-8,11,25-26H,4-5,9-10,12-24,27H2,2H3. The lowest BCUT2D eigenvalue weighted by molar-refractivity contribution is -0.124. The third-order valence-electron chi connectivity index (χ3n) is 8.75. The highest BCUT2D eigenvalue weighted by atomic mass is 35.5. The number of aromatic nitrogens is 3. The third kappa shape index (κ3) is 9.83. The molecule has 2 aromatic heterocycles. The van der Waals surface area contributed by atoms with E-state index >= 15 is 0 Å². The van der Waals surface area contributed by atoms with Crippen molar-refractivity contribution in [3.63, 3.8) is 0 Å². The Morgan fingerprint density at radius 2 is 1.73 bits per heavy atom. The fourth-order valence-corrected chi connectivity index (χ4v) is 8.33. The Kier molecular flexibility index (Phi) is 14.8. The second kappa shape index (κ2) is 19.2. The average molecular weight is 732 g/mol. The molecule has 1 saturated heterocycles. The van der Waals surface area contributed by atoms with Crippen LogP contribution in [0.3, 0.4) is 0 Å². The normalized spacial score (nSPS) is 16.4. The van der Waals surface area contributed by atoms with Crippen LogP contribution in [0.25, 0.3) is 11.0 Å². The molecule has 2 aliphatic heterocycles. The molecule has 1 atom stereocenters. The number of hydrogen-bond acceptors (Lipinski definition) is 10. The topological polar surface area (TPSA) is 108 Å². The molecule has 49 heavy (non-hydrogen) atoms. The van der Waals surface area contributed by atoms with E-state index in [0.29, 0.717) is 82.3 Å². The number of piperidine rings is 1. The largest absolute Gasteiger partial charge is 0.378 e. The number of pyridine rings is 1. The smallest absolute Gasteiger partial charge is 0.238 e. The van der Waals surface area contributed by atoms with E-state index in [1.54, 1.807) is 6.20 Å². The third-order valence-corrected chi connectivity index (χ3v) is 11.3. The molecule has 1 spiro atoms. The van der Waals surface area contributed by atoms with Gasteiger partial charge in [-0.05, 0) is 49.1 Å². The predicted molar refractivity (Wildman–Crippen MR) is 195 cm³/mol. The van der Waals surface area contributed by atoms with Crippen molar-refractivity contribution in [3.8, 4) is 12.3 Å². The molecule has 266 valence electrons. The van der Waals surface area contributed by atoms with Crippen molar-refractivity contribution in [2.24, 2.45) is 0 Å². The van der Waals surface area contributed by atoms with Crippen molar-refractivity contribution in [2.75, 3.05) is 88.1 Å². The zero-order chi connectivity index (χ0) is 34.5. The van der Waals surface area contributed by atoms with Gasteiger partial charge in [0.25, 0.3) is 0 Å². The molecule has 3 aromatic rings. The van der Waals surface area contributed by atoms with E-state index in [2.05, 4.69) is 26.7 Å². The highest BCUT2D eigenvalue weighted by Crippen LogP contribution is 2.48. The molecule has 4 heterocycles. The number of ether oxygens (including phenoxy) is 4. The fraction of sp³-hybridized carbons (Fsp3) is 0.571. The lowest BCUT2D eigenvalue weighted by Gasteiger charge is -2.37. The SMILES string of the molecule is C#CCOCCOCCOCCOCCS(=O)CCCn1c(CN2C(=O)C3(CCN(SCC)CC3)c3ccncc32)nc2cc(Cl)ccc21. The van der Waals surface area contributed by atoms with Gasteiger partial charge in [-0.25, -0.2) is 4.98 Å². The first kappa shape index (κ1) is 37.7.